The van der Waals surface area contributed by atoms with Crippen LogP contribution in [0.5, 0.6) is 0 Å². The van der Waals surface area contributed by atoms with Gasteiger partial charge in [0.2, 0.25) is 0 Å². The molecule has 13 aromatic rings. The van der Waals surface area contributed by atoms with E-state index >= 15 is 0 Å². The SMILES string of the molecule is c1ccc(-c2ccccc2-n2c3ccccc3c3ccc(N(c4ccc(-c5ccc6ccccc6c5)c(-c5ccc6ccccc6c5)c4)c4ccc5oc6ccccc6c5c4)cc32)cc1. The van der Waals surface area contributed by atoms with Crippen LogP contribution in [-0.2, 0) is 0 Å². The molecule has 0 N–H and O–H groups in total. The molecule has 0 fully saturated rings. The Kier molecular flexibility index (Phi) is 8.53. The molecular weight excluding hydrogens is 789 g/mol. The van der Waals surface area contributed by atoms with Crippen LogP contribution in [0.1, 0.15) is 0 Å². The van der Waals surface area contributed by atoms with Crippen LogP contribution in [0.2, 0.25) is 0 Å². The van der Waals surface area contributed by atoms with Crippen LogP contribution in [0.4, 0.5) is 17.1 Å². The van der Waals surface area contributed by atoms with Crippen LogP contribution >= 0.6 is 0 Å². The Labute approximate surface area is 376 Å². The summed E-state index contributed by atoms with van der Waals surface area (Å²) < 4.78 is 8.84. The highest BCUT2D eigenvalue weighted by Gasteiger charge is 2.22. The summed E-state index contributed by atoms with van der Waals surface area (Å²) in [6.45, 7) is 0. The number of nitrogens with zero attached hydrogens (tertiary/aromatic N) is 2. The van der Waals surface area contributed by atoms with Crippen molar-refractivity contribution in [1.29, 1.82) is 0 Å². The van der Waals surface area contributed by atoms with Gasteiger partial charge in [0.05, 0.1) is 16.7 Å². The number of para-hydroxylation sites is 3. The summed E-state index contributed by atoms with van der Waals surface area (Å²) in [5.41, 5.74) is 15.4. The van der Waals surface area contributed by atoms with Gasteiger partial charge in [-0.15, -0.1) is 0 Å². The summed E-state index contributed by atoms with van der Waals surface area (Å²) in [6.07, 6.45) is 0. The van der Waals surface area contributed by atoms with Crippen molar-refractivity contribution >= 4 is 82.4 Å². The van der Waals surface area contributed by atoms with Gasteiger partial charge in [0.25, 0.3) is 0 Å². The smallest absolute Gasteiger partial charge is 0.135 e. The molecule has 0 atom stereocenters. The molecule has 3 heteroatoms. The van der Waals surface area contributed by atoms with Crippen molar-refractivity contribution < 1.29 is 4.42 Å². The van der Waals surface area contributed by atoms with Crippen LogP contribution in [0.25, 0.3) is 104 Å². The maximum atomic E-state index is 6.39. The van der Waals surface area contributed by atoms with Crippen LogP contribution in [0.3, 0.4) is 0 Å². The average Bonchev–Trinajstić information content (AvgIpc) is 3.91. The normalized spacial score (nSPS) is 11.7. The van der Waals surface area contributed by atoms with Crippen molar-refractivity contribution in [2.24, 2.45) is 0 Å². The van der Waals surface area contributed by atoms with Gasteiger partial charge < -0.3 is 13.9 Å². The molecule has 2 heterocycles. The molecule has 0 aliphatic rings. The highest BCUT2D eigenvalue weighted by atomic mass is 16.3. The lowest BCUT2D eigenvalue weighted by Gasteiger charge is -2.27. The summed E-state index contributed by atoms with van der Waals surface area (Å²) in [7, 11) is 0. The Morgan fingerprint density at radius 1 is 0.292 bits per heavy atom. The highest BCUT2D eigenvalue weighted by Crippen LogP contribution is 2.45. The third-order valence-corrected chi connectivity index (χ3v) is 13.1. The van der Waals surface area contributed by atoms with Crippen molar-refractivity contribution in [3.05, 3.63) is 243 Å². The first-order chi connectivity index (χ1) is 32.2. The van der Waals surface area contributed by atoms with Gasteiger partial charge in [0.1, 0.15) is 11.2 Å². The monoisotopic (exact) mass is 828 g/mol. The summed E-state index contributed by atoms with van der Waals surface area (Å²) in [6, 6.07) is 88.1. The number of fused-ring (bicyclic) bond motifs is 8. The first-order valence-electron chi connectivity index (χ1n) is 22.2. The van der Waals surface area contributed by atoms with Gasteiger partial charge >= 0.3 is 0 Å². The Hall–Kier alpha value is -8.66. The lowest BCUT2D eigenvalue weighted by molar-refractivity contribution is 0.669. The second-order valence-corrected chi connectivity index (χ2v) is 16.9. The number of hydrogen-bond acceptors (Lipinski definition) is 2. The molecule has 11 aromatic carbocycles. The fourth-order valence-corrected chi connectivity index (χ4v) is 10.1. The summed E-state index contributed by atoms with van der Waals surface area (Å²) in [4.78, 5) is 2.42. The number of benzene rings is 11. The topological polar surface area (TPSA) is 21.3 Å². The standard InChI is InChI=1S/C62H40N2O/c1-2-16-43(17-3-1)52-20-8-11-23-58(52)64-59-24-12-9-21-53(59)54-34-31-50(40-60(54)64)63(49-32-35-62-57(39-49)55-22-10-13-25-61(55)65-62)48-30-33-51(46-28-26-41-14-4-6-18-44(41)36-46)56(38-48)47-29-27-42-15-5-7-19-45(42)37-47/h1-40H. The van der Waals surface area contributed by atoms with E-state index in [0.717, 1.165) is 61.3 Å². The molecule has 304 valence electrons. The fourth-order valence-electron chi connectivity index (χ4n) is 10.1. The lowest BCUT2D eigenvalue weighted by Crippen LogP contribution is -2.10. The van der Waals surface area contributed by atoms with E-state index in [9.17, 15) is 0 Å². The van der Waals surface area contributed by atoms with Crippen molar-refractivity contribution in [3.63, 3.8) is 0 Å². The minimum Gasteiger partial charge on any atom is -0.456 e. The first-order valence-corrected chi connectivity index (χ1v) is 22.2. The molecule has 65 heavy (non-hydrogen) atoms. The lowest BCUT2D eigenvalue weighted by atomic mass is 9.91. The molecule has 0 saturated carbocycles. The van der Waals surface area contributed by atoms with Gasteiger partial charge in [0, 0.05) is 44.2 Å². The number of anilines is 3. The molecule has 13 rings (SSSR count). The van der Waals surface area contributed by atoms with Crippen LogP contribution in [0.15, 0.2) is 247 Å². The molecule has 0 aliphatic carbocycles. The Balaban J connectivity index is 1.08. The molecule has 2 aromatic heterocycles. The van der Waals surface area contributed by atoms with E-state index < -0.39 is 0 Å². The molecule has 3 nitrogen and oxygen atoms in total. The molecule has 0 spiro atoms. The molecular formula is C62H40N2O. The summed E-state index contributed by atoms with van der Waals surface area (Å²) >= 11 is 0. The largest absolute Gasteiger partial charge is 0.456 e. The molecule has 0 unspecified atom stereocenters. The quantitative estimate of drug-likeness (QED) is 0.160. The molecule has 0 saturated heterocycles. The molecule has 0 radical (unpaired) electrons. The maximum absolute atomic E-state index is 6.39. The second kappa shape index (κ2) is 15.0. The zero-order chi connectivity index (χ0) is 42.8. The third kappa shape index (κ3) is 6.20. The molecule has 0 aliphatic heterocycles. The van der Waals surface area contributed by atoms with Crippen molar-refractivity contribution in [2.45, 2.75) is 0 Å². The van der Waals surface area contributed by atoms with Gasteiger partial charge in [-0.1, -0.05) is 170 Å². The number of aromatic nitrogens is 1. The Morgan fingerprint density at radius 3 is 1.66 bits per heavy atom. The van der Waals surface area contributed by atoms with Crippen LogP contribution in [0, 0.1) is 0 Å². The van der Waals surface area contributed by atoms with E-state index in [1.165, 1.54) is 60.1 Å². The summed E-state index contributed by atoms with van der Waals surface area (Å²) in [5.74, 6) is 0. The molecule has 0 amide bonds. The fraction of sp³-hybridized carbons (Fsp3) is 0. The zero-order valence-electron chi connectivity index (χ0n) is 35.4. The number of rotatable bonds is 7. The minimum atomic E-state index is 0.867. The summed E-state index contributed by atoms with van der Waals surface area (Å²) in [5, 5.41) is 9.48. The van der Waals surface area contributed by atoms with E-state index in [0.29, 0.717) is 0 Å². The van der Waals surface area contributed by atoms with E-state index in [1.807, 2.05) is 12.1 Å². The van der Waals surface area contributed by atoms with Crippen LogP contribution in [-0.4, -0.2) is 4.57 Å². The van der Waals surface area contributed by atoms with Crippen molar-refractivity contribution in [1.82, 2.24) is 4.57 Å². The van der Waals surface area contributed by atoms with E-state index in [-0.39, 0.29) is 0 Å². The van der Waals surface area contributed by atoms with Crippen LogP contribution < -0.4 is 4.90 Å². The molecule has 0 bridgehead atoms. The number of furan rings is 1. The van der Waals surface area contributed by atoms with E-state index in [1.54, 1.807) is 0 Å². The first kappa shape index (κ1) is 36.9. The van der Waals surface area contributed by atoms with Crippen molar-refractivity contribution in [2.75, 3.05) is 4.90 Å². The predicted octanol–water partition coefficient (Wildman–Crippen LogP) is 17.5. The minimum absolute atomic E-state index is 0.867. The van der Waals surface area contributed by atoms with Gasteiger partial charge in [0.15, 0.2) is 0 Å². The van der Waals surface area contributed by atoms with Crippen molar-refractivity contribution in [3.8, 4) is 39.1 Å². The highest BCUT2D eigenvalue weighted by molar-refractivity contribution is 6.12. The predicted molar refractivity (Wildman–Crippen MR) is 274 cm³/mol. The van der Waals surface area contributed by atoms with Gasteiger partial charge in [-0.05, 0) is 122 Å². The zero-order valence-corrected chi connectivity index (χ0v) is 35.4. The van der Waals surface area contributed by atoms with Gasteiger partial charge in [-0.2, -0.15) is 0 Å². The van der Waals surface area contributed by atoms with E-state index in [4.69, 9.17) is 4.42 Å². The van der Waals surface area contributed by atoms with Gasteiger partial charge in [-0.25, -0.2) is 0 Å². The second-order valence-electron chi connectivity index (χ2n) is 16.9. The third-order valence-electron chi connectivity index (χ3n) is 13.1. The Morgan fingerprint density at radius 2 is 0.862 bits per heavy atom. The average molecular weight is 829 g/mol. The number of hydrogen-bond donors (Lipinski definition) is 0. The van der Waals surface area contributed by atoms with E-state index in [2.05, 4.69) is 240 Å². The Bertz CT molecular complexity index is 3970. The maximum Gasteiger partial charge on any atom is 0.135 e. The van der Waals surface area contributed by atoms with Gasteiger partial charge in [-0.3, -0.25) is 0 Å².